The van der Waals surface area contributed by atoms with Crippen LogP contribution >= 0.6 is 0 Å². The number of nitrogens with zero attached hydrogens (tertiary/aromatic N) is 10. The van der Waals surface area contributed by atoms with E-state index in [4.69, 9.17) is 15.0 Å². The molecule has 0 radical (unpaired) electrons. The van der Waals surface area contributed by atoms with Crippen molar-refractivity contribution in [3.05, 3.63) is 498 Å². The molecule has 0 atom stereocenters. The normalized spacial score (nSPS) is 11.8. The van der Waals surface area contributed by atoms with Gasteiger partial charge in [-0.2, -0.15) is 0 Å². The molecule has 10 heteroatoms. The van der Waals surface area contributed by atoms with E-state index < -0.39 is 0 Å². The lowest BCUT2D eigenvalue weighted by molar-refractivity contribution is 1.16. The summed E-state index contributed by atoms with van der Waals surface area (Å²) in [5, 5.41) is 18.4. The molecule has 0 aliphatic rings. The molecule has 0 fully saturated rings. The van der Waals surface area contributed by atoms with Crippen molar-refractivity contribution in [2.45, 2.75) is 0 Å². The van der Waals surface area contributed by atoms with E-state index in [1.165, 1.54) is 153 Å². The van der Waals surface area contributed by atoms with Crippen molar-refractivity contribution in [1.29, 1.82) is 0 Å². The molecule has 29 rings (SSSR count). The molecule has 29 aromatic rings. The predicted octanol–water partition coefficient (Wildman–Crippen LogP) is 33.0. The number of hydrogen-bond donors (Lipinski definition) is 0. The third kappa shape index (κ3) is 13.2. The lowest BCUT2D eigenvalue weighted by Crippen LogP contribution is -1.96. The number of para-hydroxylation sites is 11. The van der Waals surface area contributed by atoms with Gasteiger partial charge in [0, 0.05) is 138 Å². The molecule has 0 saturated carbocycles. The van der Waals surface area contributed by atoms with Crippen molar-refractivity contribution in [3.8, 4) is 90.2 Å². The average molecular weight is 1760 g/mol. The maximum absolute atomic E-state index is 5.18. The molecule has 0 bridgehead atoms. The SMILES string of the molecule is c1ccc(-c2cc(-c3ccc(-n4c5ccccc5c5cc6c7ccccc7n(-c7ccccc7)c6cc54)cc3)nc3ccccc23)cc1.c1ccc(-c2cc(-c3cccc(-n4c5ccccc5c5cc6c7ccccc7n(-c7ccccc7)c6cc54)c3)nc3ccccc23)cc1.c1ccc(-n2c3ccccc3c3cc4c5ccccc5n(-c5cccc(-c6ccc7cccnc7n6)c5)c4cc32)cc1. The Hall–Kier alpha value is -18.6. The molecule has 0 aliphatic carbocycles. The van der Waals surface area contributed by atoms with Crippen LogP contribution < -0.4 is 0 Å². The molecule has 0 N–H and O–H groups in total. The van der Waals surface area contributed by atoms with Gasteiger partial charge in [0.05, 0.1) is 94.3 Å². The fraction of sp³-hybridized carbons (Fsp3) is 0. The smallest absolute Gasteiger partial charge is 0.159 e. The van der Waals surface area contributed by atoms with E-state index in [2.05, 4.69) is 512 Å². The van der Waals surface area contributed by atoms with Crippen LogP contribution in [0.15, 0.2) is 498 Å². The minimum Gasteiger partial charge on any atom is -0.309 e. The van der Waals surface area contributed by atoms with Gasteiger partial charge < -0.3 is 27.4 Å². The minimum absolute atomic E-state index is 0.758. The maximum Gasteiger partial charge on any atom is 0.159 e. The summed E-state index contributed by atoms with van der Waals surface area (Å²) in [7, 11) is 0. The quantitative estimate of drug-likeness (QED) is 0.129. The molecule has 0 spiro atoms. The van der Waals surface area contributed by atoms with Crippen molar-refractivity contribution >= 4 is 164 Å². The lowest BCUT2D eigenvalue weighted by Gasteiger charge is -2.13. The number of fused-ring (bicyclic) bond motifs is 21. The largest absolute Gasteiger partial charge is 0.309 e. The second kappa shape index (κ2) is 32.7. The molecule has 10 nitrogen and oxygen atoms in total. The van der Waals surface area contributed by atoms with Gasteiger partial charge >= 0.3 is 0 Å². The Balaban J connectivity index is 0.000000105. The fourth-order valence-corrected chi connectivity index (χ4v) is 21.6. The molecule has 10 aromatic heterocycles. The van der Waals surface area contributed by atoms with Gasteiger partial charge in [0.25, 0.3) is 0 Å². The highest BCUT2D eigenvalue weighted by atomic mass is 15.0. The first kappa shape index (κ1) is 79.1. The van der Waals surface area contributed by atoms with E-state index in [1.54, 1.807) is 6.20 Å². The number of rotatable bonds is 11. The van der Waals surface area contributed by atoms with Crippen molar-refractivity contribution < 1.29 is 0 Å². The van der Waals surface area contributed by atoms with E-state index in [-0.39, 0.29) is 0 Å². The maximum atomic E-state index is 5.18. The fourth-order valence-electron chi connectivity index (χ4n) is 21.6. The number of benzene rings is 19. The highest BCUT2D eigenvalue weighted by Gasteiger charge is 2.25. The molecule has 0 amide bonds. The zero-order valence-electron chi connectivity index (χ0n) is 74.8. The van der Waals surface area contributed by atoms with Gasteiger partial charge in [-0.1, -0.05) is 297 Å². The molecular formula is C128H82N10. The third-order valence-corrected chi connectivity index (χ3v) is 27.7. The zero-order chi connectivity index (χ0) is 90.8. The van der Waals surface area contributed by atoms with Crippen LogP contribution in [0.5, 0.6) is 0 Å². The van der Waals surface area contributed by atoms with Crippen molar-refractivity contribution in [1.82, 2.24) is 47.3 Å². The molecule has 10 heterocycles. The zero-order valence-corrected chi connectivity index (χ0v) is 74.8. The highest BCUT2D eigenvalue weighted by Crippen LogP contribution is 2.47. The van der Waals surface area contributed by atoms with Crippen LogP contribution in [0.1, 0.15) is 0 Å². The first-order valence-electron chi connectivity index (χ1n) is 47.0. The van der Waals surface area contributed by atoms with Crippen LogP contribution in [0.4, 0.5) is 0 Å². The van der Waals surface area contributed by atoms with E-state index >= 15 is 0 Å². The van der Waals surface area contributed by atoms with Gasteiger partial charge in [-0.15, -0.1) is 0 Å². The summed E-state index contributed by atoms with van der Waals surface area (Å²) < 4.78 is 14.4. The monoisotopic (exact) mass is 1760 g/mol. The van der Waals surface area contributed by atoms with Crippen molar-refractivity contribution in [3.63, 3.8) is 0 Å². The highest BCUT2D eigenvalue weighted by molar-refractivity contribution is 6.23. The molecule has 138 heavy (non-hydrogen) atoms. The van der Waals surface area contributed by atoms with Gasteiger partial charge in [-0.05, 0) is 216 Å². The first-order valence-corrected chi connectivity index (χ1v) is 47.0. The lowest BCUT2D eigenvalue weighted by atomic mass is 9.98. The predicted molar refractivity (Wildman–Crippen MR) is 576 cm³/mol. The summed E-state index contributed by atoms with van der Waals surface area (Å²) in [6, 6.07) is 176. The number of hydrogen-bond acceptors (Lipinski definition) is 4. The Morgan fingerprint density at radius 3 is 0.790 bits per heavy atom. The van der Waals surface area contributed by atoms with Gasteiger partial charge in [-0.3, -0.25) is 0 Å². The van der Waals surface area contributed by atoms with E-state index in [9.17, 15) is 0 Å². The molecular weight excluding hydrogens is 1680 g/mol. The summed E-state index contributed by atoms with van der Waals surface area (Å²) >= 11 is 0. The summed E-state index contributed by atoms with van der Waals surface area (Å²) in [6.45, 7) is 0. The summed E-state index contributed by atoms with van der Waals surface area (Å²) in [4.78, 5) is 19.6. The van der Waals surface area contributed by atoms with Crippen LogP contribution in [0.3, 0.4) is 0 Å². The van der Waals surface area contributed by atoms with Gasteiger partial charge in [0.1, 0.15) is 0 Å². The number of aromatic nitrogens is 10. The Morgan fingerprint density at radius 1 is 0.145 bits per heavy atom. The second-order valence-corrected chi connectivity index (χ2v) is 35.6. The van der Waals surface area contributed by atoms with E-state index in [1.807, 2.05) is 12.1 Å². The Kier molecular flexibility index (Phi) is 18.7. The van der Waals surface area contributed by atoms with Crippen LogP contribution in [0.25, 0.3) is 254 Å². The molecule has 0 aliphatic heterocycles. The summed E-state index contributed by atoms with van der Waals surface area (Å²) in [5.41, 5.74) is 34.7. The topological polar surface area (TPSA) is 81.1 Å². The van der Waals surface area contributed by atoms with Crippen LogP contribution in [-0.2, 0) is 0 Å². The number of pyridine rings is 4. The van der Waals surface area contributed by atoms with Crippen LogP contribution in [-0.4, -0.2) is 47.3 Å². The van der Waals surface area contributed by atoms with Crippen molar-refractivity contribution in [2.75, 3.05) is 0 Å². The standard InChI is InChI=1S/2C45H29N3.C38H24N4/c1-3-14-30(15-4-1)37-28-41(46-40-23-10-7-20-34(37)40)31-16-13-19-33(26-31)48-43-25-12-9-22-36(43)39-27-38-35-21-8-11-24-42(35)47(44(38)29-45(39)48)32-17-5-2-6-18-32;1-3-13-30(14-4-1)37-28-41(46-40-20-10-7-17-34(37)40)31-23-25-33(26-24-31)48-43-22-12-9-19-36(43)39-27-38-35-18-8-11-21-42(35)47(44(38)29-45(39)48)32-15-5-2-6-16-32;1-2-12-27(13-3-1)41-34-17-6-4-15-29(34)31-23-32-30-16-5-7-18-35(30)42(37(32)24-36(31)41)28-14-8-10-26(22-28)33-20-19-25-11-9-21-39-38(25)40-33/h2*1-29H;1-24H. The Bertz CT molecular complexity index is 9900. The minimum atomic E-state index is 0.758. The summed E-state index contributed by atoms with van der Waals surface area (Å²) in [5.74, 6) is 0. The average Bonchev–Trinajstić information content (AvgIpc) is 1.56. The molecule has 0 saturated heterocycles. The van der Waals surface area contributed by atoms with Crippen molar-refractivity contribution in [2.24, 2.45) is 0 Å². The van der Waals surface area contributed by atoms with Gasteiger partial charge in [0.15, 0.2) is 5.65 Å². The van der Waals surface area contributed by atoms with E-state index in [0.29, 0.717) is 0 Å². The van der Waals surface area contributed by atoms with Gasteiger partial charge in [0.2, 0.25) is 0 Å². The molecule has 0 unspecified atom stereocenters. The van der Waals surface area contributed by atoms with Crippen LogP contribution in [0, 0.1) is 0 Å². The van der Waals surface area contributed by atoms with Gasteiger partial charge in [-0.25, -0.2) is 19.9 Å². The second-order valence-electron chi connectivity index (χ2n) is 35.6. The molecule has 19 aromatic carbocycles. The Labute approximate surface area is 793 Å². The van der Waals surface area contributed by atoms with E-state index in [0.717, 1.165) is 101 Å². The van der Waals surface area contributed by atoms with Crippen LogP contribution in [0.2, 0.25) is 0 Å². The summed E-state index contributed by atoms with van der Waals surface area (Å²) in [6.07, 6.45) is 1.79. The first-order chi connectivity index (χ1) is 68.5. The Morgan fingerprint density at radius 2 is 0.428 bits per heavy atom. The molecule has 644 valence electrons. The third-order valence-electron chi connectivity index (χ3n) is 27.7.